The van der Waals surface area contributed by atoms with Crippen molar-refractivity contribution in [2.75, 3.05) is 36.6 Å². The maximum absolute atomic E-state index is 13.6. The van der Waals surface area contributed by atoms with Gasteiger partial charge in [0.2, 0.25) is 5.76 Å². The van der Waals surface area contributed by atoms with Gasteiger partial charge >= 0.3 is 0 Å². The fourth-order valence-electron chi connectivity index (χ4n) is 4.82. The summed E-state index contributed by atoms with van der Waals surface area (Å²) < 4.78 is 11.3. The molecule has 0 unspecified atom stereocenters. The molecule has 1 fully saturated rings. The zero-order valence-corrected chi connectivity index (χ0v) is 20.2. The van der Waals surface area contributed by atoms with E-state index in [0.717, 1.165) is 11.3 Å². The molecule has 37 heavy (non-hydrogen) atoms. The van der Waals surface area contributed by atoms with Gasteiger partial charge in [-0.3, -0.25) is 14.6 Å². The molecule has 0 spiro atoms. The van der Waals surface area contributed by atoms with Crippen molar-refractivity contribution in [1.82, 2.24) is 4.90 Å². The van der Waals surface area contributed by atoms with Crippen LogP contribution in [0.25, 0.3) is 11.0 Å². The second-order valence-corrected chi connectivity index (χ2v) is 9.02. The molecule has 0 aliphatic carbocycles. The van der Waals surface area contributed by atoms with Gasteiger partial charge in [-0.2, -0.15) is 5.10 Å². The number of furan rings is 1. The lowest BCUT2D eigenvalue weighted by Crippen LogP contribution is -2.40. The van der Waals surface area contributed by atoms with Crippen LogP contribution in [0.15, 0.2) is 94.4 Å². The third kappa shape index (κ3) is 4.47. The van der Waals surface area contributed by atoms with Crippen molar-refractivity contribution in [2.24, 2.45) is 5.10 Å². The Bertz CT molecular complexity index is 1460. The number of para-hydroxylation sites is 2. The summed E-state index contributed by atoms with van der Waals surface area (Å²) >= 11 is 0. The van der Waals surface area contributed by atoms with Crippen molar-refractivity contribution < 1.29 is 18.7 Å². The summed E-state index contributed by atoms with van der Waals surface area (Å²) in [7, 11) is 0. The molecule has 6 rings (SSSR count). The van der Waals surface area contributed by atoms with Gasteiger partial charge in [0.15, 0.2) is 0 Å². The fourth-order valence-corrected chi connectivity index (χ4v) is 4.82. The maximum atomic E-state index is 13.6. The highest BCUT2D eigenvalue weighted by Gasteiger charge is 2.34. The van der Waals surface area contributed by atoms with Crippen molar-refractivity contribution in [3.05, 3.63) is 96.3 Å². The number of fused-ring (bicyclic) bond motifs is 1. The molecule has 0 radical (unpaired) electrons. The minimum atomic E-state index is -0.359. The number of anilines is 2. The average Bonchev–Trinajstić information content (AvgIpc) is 3.57. The largest absolute Gasteiger partial charge is 0.449 e. The third-order valence-electron chi connectivity index (χ3n) is 6.70. The molecule has 2 aliphatic heterocycles. The molecule has 1 aromatic heterocycles. The first-order valence-corrected chi connectivity index (χ1v) is 12.4. The highest BCUT2D eigenvalue weighted by Crippen LogP contribution is 2.36. The number of hydrazone groups is 1. The van der Waals surface area contributed by atoms with Crippen LogP contribution in [0, 0.1) is 0 Å². The Balaban J connectivity index is 1.33. The summed E-state index contributed by atoms with van der Waals surface area (Å²) in [5, 5.41) is 10.3. The van der Waals surface area contributed by atoms with E-state index in [1.165, 1.54) is 0 Å². The monoisotopic (exact) mass is 494 g/mol. The van der Waals surface area contributed by atoms with Crippen LogP contribution in [-0.2, 0) is 9.53 Å². The molecule has 3 aromatic carbocycles. The molecule has 8 nitrogen and oxygen atoms in total. The Morgan fingerprint density at radius 3 is 2.30 bits per heavy atom. The average molecular weight is 495 g/mol. The zero-order chi connectivity index (χ0) is 25.2. The van der Waals surface area contributed by atoms with Crippen LogP contribution >= 0.6 is 0 Å². The number of amides is 2. The van der Waals surface area contributed by atoms with Crippen LogP contribution in [0.2, 0.25) is 0 Å². The van der Waals surface area contributed by atoms with Crippen molar-refractivity contribution in [3.63, 3.8) is 0 Å². The van der Waals surface area contributed by atoms with E-state index in [0.29, 0.717) is 55.1 Å². The Kier molecular flexibility index (Phi) is 6.16. The molecule has 1 atom stereocenters. The number of ether oxygens (including phenoxy) is 1. The lowest BCUT2D eigenvalue weighted by Gasteiger charge is -2.26. The Morgan fingerprint density at radius 1 is 0.865 bits per heavy atom. The van der Waals surface area contributed by atoms with E-state index in [1.54, 1.807) is 11.0 Å². The van der Waals surface area contributed by atoms with E-state index < -0.39 is 0 Å². The SMILES string of the molecule is O=C(Nc1c(C(=O)N2CCOCC2)oc2ccccc12)C1=NN(c2ccccc2)[C@@H](c2ccccc2)C1. The van der Waals surface area contributed by atoms with E-state index >= 15 is 0 Å². The molecule has 1 saturated heterocycles. The molecular formula is C29H26N4O4. The van der Waals surface area contributed by atoms with Gasteiger partial charge in [-0.15, -0.1) is 0 Å². The lowest BCUT2D eigenvalue weighted by molar-refractivity contribution is -0.110. The van der Waals surface area contributed by atoms with Crippen LogP contribution in [0.4, 0.5) is 11.4 Å². The van der Waals surface area contributed by atoms with E-state index in [2.05, 4.69) is 5.32 Å². The first kappa shape index (κ1) is 23.0. The summed E-state index contributed by atoms with van der Waals surface area (Å²) in [6, 6.07) is 27.0. The predicted octanol–water partition coefficient (Wildman–Crippen LogP) is 4.85. The van der Waals surface area contributed by atoms with E-state index in [4.69, 9.17) is 14.3 Å². The quantitative estimate of drug-likeness (QED) is 0.429. The number of rotatable bonds is 5. The van der Waals surface area contributed by atoms with Crippen LogP contribution in [-0.4, -0.2) is 48.7 Å². The van der Waals surface area contributed by atoms with Crippen LogP contribution in [0.3, 0.4) is 0 Å². The molecule has 2 amide bonds. The van der Waals surface area contributed by atoms with Crippen molar-refractivity contribution in [1.29, 1.82) is 0 Å². The van der Waals surface area contributed by atoms with E-state index in [-0.39, 0.29) is 23.6 Å². The molecule has 186 valence electrons. The number of carbonyl (C=O) groups excluding carboxylic acids is 2. The number of nitrogens with one attached hydrogen (secondary N) is 1. The lowest BCUT2D eigenvalue weighted by atomic mass is 10.0. The summed E-state index contributed by atoms with van der Waals surface area (Å²) in [4.78, 5) is 28.6. The van der Waals surface area contributed by atoms with Gasteiger partial charge in [0.05, 0.1) is 24.9 Å². The predicted molar refractivity (Wildman–Crippen MR) is 142 cm³/mol. The van der Waals surface area contributed by atoms with Gasteiger partial charge in [-0.25, -0.2) is 0 Å². The van der Waals surface area contributed by atoms with E-state index in [9.17, 15) is 9.59 Å². The molecule has 0 bridgehead atoms. The molecule has 1 N–H and O–H groups in total. The molecule has 0 saturated carbocycles. The first-order chi connectivity index (χ1) is 18.2. The minimum Gasteiger partial charge on any atom is -0.449 e. The van der Waals surface area contributed by atoms with Gasteiger partial charge in [0, 0.05) is 24.9 Å². The van der Waals surface area contributed by atoms with Crippen LogP contribution in [0.5, 0.6) is 0 Å². The number of hydrogen-bond donors (Lipinski definition) is 1. The Hall–Kier alpha value is -4.43. The van der Waals surface area contributed by atoms with Crippen molar-refractivity contribution in [2.45, 2.75) is 12.5 Å². The number of morpholine rings is 1. The second kappa shape index (κ2) is 9.91. The molecule has 4 aromatic rings. The highest BCUT2D eigenvalue weighted by molar-refractivity contribution is 6.44. The summed E-state index contributed by atoms with van der Waals surface area (Å²) in [6.07, 6.45) is 0.424. The van der Waals surface area contributed by atoms with Gasteiger partial charge in [-0.05, 0) is 29.8 Å². The second-order valence-electron chi connectivity index (χ2n) is 9.02. The van der Waals surface area contributed by atoms with Crippen molar-refractivity contribution in [3.8, 4) is 0 Å². The normalized spacial score (nSPS) is 17.6. The third-order valence-corrected chi connectivity index (χ3v) is 6.70. The highest BCUT2D eigenvalue weighted by atomic mass is 16.5. The first-order valence-electron chi connectivity index (χ1n) is 12.4. The van der Waals surface area contributed by atoms with Crippen LogP contribution in [0.1, 0.15) is 28.6 Å². The molecule has 8 heteroatoms. The summed E-state index contributed by atoms with van der Waals surface area (Å²) in [5.74, 6) is -0.507. The molecule has 3 heterocycles. The fraction of sp³-hybridized carbons (Fsp3) is 0.207. The Morgan fingerprint density at radius 2 is 1.54 bits per heavy atom. The maximum Gasteiger partial charge on any atom is 0.291 e. The summed E-state index contributed by atoms with van der Waals surface area (Å²) in [6.45, 7) is 1.89. The van der Waals surface area contributed by atoms with Gasteiger partial charge < -0.3 is 19.4 Å². The van der Waals surface area contributed by atoms with Gasteiger partial charge in [-0.1, -0.05) is 60.7 Å². The smallest absolute Gasteiger partial charge is 0.291 e. The van der Waals surface area contributed by atoms with Crippen LogP contribution < -0.4 is 10.3 Å². The van der Waals surface area contributed by atoms with Crippen molar-refractivity contribution >= 4 is 39.9 Å². The number of carbonyl (C=O) groups is 2. The van der Waals surface area contributed by atoms with Gasteiger partial charge in [0.1, 0.15) is 17.0 Å². The summed E-state index contributed by atoms with van der Waals surface area (Å²) in [5.41, 5.74) is 3.25. The van der Waals surface area contributed by atoms with E-state index in [1.807, 2.05) is 83.9 Å². The minimum absolute atomic E-state index is 0.120. The number of nitrogens with zero attached hydrogens (tertiary/aromatic N) is 3. The number of benzene rings is 3. The number of hydrogen-bond acceptors (Lipinski definition) is 6. The van der Waals surface area contributed by atoms with Gasteiger partial charge in [0.25, 0.3) is 11.8 Å². The Labute approximate surface area is 214 Å². The zero-order valence-electron chi connectivity index (χ0n) is 20.2. The molecular weight excluding hydrogens is 468 g/mol. The topological polar surface area (TPSA) is 87.4 Å². The molecule has 2 aliphatic rings. The standard InChI is InChI=1S/C29H26N4O4/c34-28(23-19-24(20-9-3-1-4-10-20)33(31-23)21-11-5-2-6-12-21)30-26-22-13-7-8-14-25(22)37-27(26)29(35)32-15-17-36-18-16-32/h1-14,24H,15-19H2,(H,30,34)/t24-/m1/s1.